The highest BCUT2D eigenvalue weighted by Gasteiger charge is 2.22. The number of benzene rings is 1. The molecule has 1 aliphatic rings. The van der Waals surface area contributed by atoms with E-state index in [9.17, 15) is 10.4 Å². The van der Waals surface area contributed by atoms with Crippen LogP contribution in [0.1, 0.15) is 0 Å². The molecule has 13 heavy (non-hydrogen) atoms. The van der Waals surface area contributed by atoms with E-state index in [0.717, 1.165) is 0 Å². The van der Waals surface area contributed by atoms with Crippen molar-refractivity contribution in [1.29, 1.82) is 0 Å². The molecule has 0 saturated carbocycles. The number of hydroxylamine groups is 1. The Balaban J connectivity index is 2.58. The van der Waals surface area contributed by atoms with Crippen molar-refractivity contribution in [3.63, 3.8) is 0 Å². The summed E-state index contributed by atoms with van der Waals surface area (Å²) < 4.78 is 0. The van der Waals surface area contributed by atoms with Gasteiger partial charge in [-0.2, -0.15) is 0 Å². The normalized spacial score (nSPS) is 20.9. The van der Waals surface area contributed by atoms with Gasteiger partial charge in [-0.15, -0.1) is 0 Å². The summed E-state index contributed by atoms with van der Waals surface area (Å²) >= 11 is 0. The first-order chi connectivity index (χ1) is 6.20. The van der Waals surface area contributed by atoms with E-state index in [0.29, 0.717) is 9.92 Å². The summed E-state index contributed by atoms with van der Waals surface area (Å²) in [6.07, 6.45) is -1.15. The van der Waals surface area contributed by atoms with E-state index in [1.807, 2.05) is 0 Å². The van der Waals surface area contributed by atoms with Crippen LogP contribution >= 0.6 is 0 Å². The summed E-state index contributed by atoms with van der Waals surface area (Å²) in [5.74, 6) is 0. The summed E-state index contributed by atoms with van der Waals surface area (Å²) in [7, 11) is 0. The van der Waals surface area contributed by atoms with Gasteiger partial charge >= 0.3 is 0 Å². The topological polar surface area (TPSA) is 90.7 Å². The van der Waals surface area contributed by atoms with Crippen LogP contribution in [-0.2, 0) is 0 Å². The lowest BCUT2D eigenvalue weighted by Gasteiger charge is -2.34. The maximum Gasteiger partial charge on any atom is 0.267 e. The van der Waals surface area contributed by atoms with Crippen LogP contribution in [0.4, 0.5) is 11.4 Å². The Morgan fingerprint density at radius 2 is 2.15 bits per heavy atom. The van der Waals surface area contributed by atoms with E-state index in [2.05, 4.69) is 5.11 Å². The molecule has 2 N–H and O–H groups in total. The third-order valence-corrected chi connectivity index (χ3v) is 1.79. The van der Waals surface area contributed by atoms with Crippen molar-refractivity contribution in [3.05, 3.63) is 34.7 Å². The number of para-hydroxylation sites is 2. The van der Waals surface area contributed by atoms with Crippen LogP contribution < -0.4 is 10.8 Å². The molecule has 1 aromatic carbocycles. The molecule has 0 bridgehead atoms. The maximum atomic E-state index is 11.3. The molecule has 6 nitrogen and oxygen atoms in total. The van der Waals surface area contributed by atoms with Gasteiger partial charge in [0.15, 0.2) is 0 Å². The highest BCUT2D eigenvalue weighted by molar-refractivity contribution is 5.64. The molecular formula is C7H7N4O2-. The Morgan fingerprint density at radius 3 is 2.92 bits per heavy atom. The lowest BCUT2D eigenvalue weighted by atomic mass is 10.2. The number of nitrogens with zero attached hydrogens (tertiary/aromatic N) is 3. The minimum absolute atomic E-state index is 0.221. The molecule has 0 aromatic heterocycles. The van der Waals surface area contributed by atoms with Crippen molar-refractivity contribution < 1.29 is 4.86 Å². The lowest BCUT2D eigenvalue weighted by molar-refractivity contribution is -0.448. The van der Waals surface area contributed by atoms with Gasteiger partial charge in [0.05, 0.1) is 0 Å². The van der Waals surface area contributed by atoms with Gasteiger partial charge in [0.2, 0.25) is 6.29 Å². The first-order valence-electron chi connectivity index (χ1n) is 3.69. The van der Waals surface area contributed by atoms with Gasteiger partial charge < -0.3 is 15.5 Å². The Morgan fingerprint density at radius 1 is 1.46 bits per heavy atom. The third kappa shape index (κ3) is 1.12. The molecule has 2 rings (SSSR count). The average Bonchev–Trinajstić information content (AvgIpc) is 2.15. The lowest BCUT2D eigenvalue weighted by Crippen LogP contribution is -2.39. The minimum Gasteiger partial charge on any atom is -0.756 e. The van der Waals surface area contributed by atoms with E-state index in [-0.39, 0.29) is 11.4 Å². The van der Waals surface area contributed by atoms with Crippen LogP contribution in [0.2, 0.25) is 0 Å². The first-order valence-corrected chi connectivity index (χ1v) is 3.69. The van der Waals surface area contributed by atoms with Crippen LogP contribution in [-0.4, -0.2) is 11.2 Å². The highest BCUT2D eigenvalue weighted by Crippen LogP contribution is 2.31. The molecule has 0 aliphatic carbocycles. The van der Waals surface area contributed by atoms with Crippen molar-refractivity contribution >= 4 is 11.4 Å². The van der Waals surface area contributed by atoms with Crippen LogP contribution in [0.5, 0.6) is 0 Å². The van der Waals surface area contributed by atoms with Crippen LogP contribution in [0.25, 0.3) is 0 Å². The zero-order valence-corrected chi connectivity index (χ0v) is 6.62. The van der Waals surface area contributed by atoms with Gasteiger partial charge in [-0.3, -0.25) is 5.73 Å². The number of anilines is 1. The fourth-order valence-electron chi connectivity index (χ4n) is 1.17. The average molecular weight is 179 g/mol. The fourth-order valence-corrected chi connectivity index (χ4v) is 1.17. The maximum absolute atomic E-state index is 11.3. The molecular weight excluding hydrogens is 172 g/mol. The van der Waals surface area contributed by atoms with E-state index in [1.54, 1.807) is 12.1 Å². The van der Waals surface area contributed by atoms with Gasteiger partial charge in [-0.05, 0) is 10.9 Å². The van der Waals surface area contributed by atoms with E-state index >= 15 is 0 Å². The van der Waals surface area contributed by atoms with Crippen LogP contribution in [0.3, 0.4) is 0 Å². The van der Waals surface area contributed by atoms with E-state index in [1.165, 1.54) is 12.1 Å². The second kappa shape index (κ2) is 2.68. The molecule has 0 saturated heterocycles. The van der Waals surface area contributed by atoms with Gasteiger partial charge in [0, 0.05) is 11.2 Å². The molecule has 1 atom stereocenters. The second-order valence-corrected chi connectivity index (χ2v) is 2.62. The molecule has 0 fully saturated rings. The van der Waals surface area contributed by atoms with Gasteiger partial charge in [-0.1, -0.05) is 12.1 Å². The molecule has 0 radical (unpaired) electrons. The van der Waals surface area contributed by atoms with E-state index < -0.39 is 6.29 Å². The summed E-state index contributed by atoms with van der Waals surface area (Å²) in [5, 5.41) is 26.3. The summed E-state index contributed by atoms with van der Waals surface area (Å²) in [6.45, 7) is 0. The van der Waals surface area contributed by atoms with Gasteiger partial charge in [-0.25, -0.2) is 0 Å². The van der Waals surface area contributed by atoms with Crippen LogP contribution in [0, 0.1) is 10.4 Å². The number of hydrogen-bond donors (Lipinski definition) is 1. The van der Waals surface area contributed by atoms with Crippen molar-refractivity contribution in [2.45, 2.75) is 6.29 Å². The van der Waals surface area contributed by atoms with Crippen molar-refractivity contribution in [2.24, 2.45) is 10.8 Å². The van der Waals surface area contributed by atoms with Gasteiger partial charge in [0.25, 0.3) is 5.69 Å². The van der Waals surface area contributed by atoms with Crippen molar-refractivity contribution in [2.75, 3.05) is 5.06 Å². The summed E-state index contributed by atoms with van der Waals surface area (Å²) in [6, 6.07) is 6.37. The summed E-state index contributed by atoms with van der Waals surface area (Å²) in [5.41, 5.74) is 5.76. The van der Waals surface area contributed by atoms with Crippen LogP contribution in [0.15, 0.2) is 29.4 Å². The smallest absolute Gasteiger partial charge is 0.267 e. The first kappa shape index (κ1) is 7.96. The molecule has 1 aliphatic heterocycles. The predicted molar refractivity (Wildman–Crippen MR) is 46.0 cm³/mol. The number of nitrogens with two attached hydrogens (primary N) is 1. The predicted octanol–water partition coefficient (Wildman–Crippen LogP) is 0.841. The second-order valence-electron chi connectivity index (χ2n) is 2.62. The number of fused-ring (bicyclic) bond motifs is 1. The zero-order chi connectivity index (χ0) is 9.42. The van der Waals surface area contributed by atoms with Gasteiger partial charge in [0.1, 0.15) is 5.69 Å². The standard InChI is InChI=1S/C7H7N4O2/c8-7-9-11(13)6-4-2-1-3-5(6)10(7)12/h1-4,7H,8H2/q-1. The third-order valence-electron chi connectivity index (χ3n) is 1.79. The summed E-state index contributed by atoms with van der Waals surface area (Å²) in [4.78, 5) is 0.369. The minimum atomic E-state index is -1.15. The SMILES string of the molecule is NC1N=[N+]([O-])c2ccccc2N1[O-]. The largest absolute Gasteiger partial charge is 0.756 e. The Hall–Kier alpha value is -1.66. The molecule has 0 spiro atoms. The number of rotatable bonds is 0. The Bertz CT molecular complexity index is 365. The Labute approximate surface area is 74.0 Å². The van der Waals surface area contributed by atoms with E-state index in [4.69, 9.17) is 5.73 Å². The number of hydrogen-bond acceptors (Lipinski definition) is 5. The molecule has 68 valence electrons. The molecule has 6 heteroatoms. The molecule has 1 heterocycles. The zero-order valence-electron chi connectivity index (χ0n) is 6.62. The molecule has 1 aromatic rings. The van der Waals surface area contributed by atoms with Crippen molar-refractivity contribution in [3.8, 4) is 0 Å². The highest BCUT2D eigenvalue weighted by atomic mass is 16.5. The number of azo groups is 1. The van der Waals surface area contributed by atoms with Crippen molar-refractivity contribution in [1.82, 2.24) is 0 Å². The quantitative estimate of drug-likeness (QED) is 0.472. The monoisotopic (exact) mass is 179 g/mol. The molecule has 1 unspecified atom stereocenters. The Kier molecular flexibility index (Phi) is 1.64. The molecule has 0 amide bonds. The fraction of sp³-hybridized carbons (Fsp3) is 0.143.